The van der Waals surface area contributed by atoms with Gasteiger partial charge in [-0.1, -0.05) is 6.92 Å². The number of carboxylic acids is 1. The summed E-state index contributed by atoms with van der Waals surface area (Å²) in [5.74, 6) is -1.81. The van der Waals surface area contributed by atoms with E-state index in [0.29, 0.717) is 12.8 Å². The van der Waals surface area contributed by atoms with Crippen LogP contribution in [0.2, 0.25) is 0 Å². The van der Waals surface area contributed by atoms with Gasteiger partial charge in [0.1, 0.15) is 6.04 Å². The molecule has 9 heteroatoms. The average molecular weight is 322 g/mol. The van der Waals surface area contributed by atoms with Crippen LogP contribution < -0.4 is 0 Å². The molecule has 1 aliphatic rings. The van der Waals surface area contributed by atoms with Gasteiger partial charge in [0.15, 0.2) is 0 Å². The molecular formula is C12H22N2O6S. The van der Waals surface area contributed by atoms with Gasteiger partial charge in [0.05, 0.1) is 13.0 Å². The highest BCUT2D eigenvalue weighted by molar-refractivity contribution is 7.86. The van der Waals surface area contributed by atoms with E-state index >= 15 is 0 Å². The number of rotatable bonds is 6. The second-order valence-corrected chi connectivity index (χ2v) is 6.97. The predicted molar refractivity (Wildman–Crippen MR) is 74.7 cm³/mol. The maximum Gasteiger partial charge on any atom is 0.322 e. The van der Waals surface area contributed by atoms with Gasteiger partial charge in [-0.25, -0.2) is 0 Å². The predicted octanol–water partition coefficient (Wildman–Crippen LogP) is -0.0888. The Balaban J connectivity index is 2.77. The first-order valence-corrected chi connectivity index (χ1v) is 8.19. The van der Waals surface area contributed by atoms with Gasteiger partial charge in [-0.3, -0.25) is 9.59 Å². The summed E-state index contributed by atoms with van der Waals surface area (Å²) < 4.78 is 31.6. The molecule has 1 saturated heterocycles. The smallest absolute Gasteiger partial charge is 0.322 e. The van der Waals surface area contributed by atoms with Crippen molar-refractivity contribution < 1.29 is 27.9 Å². The summed E-state index contributed by atoms with van der Waals surface area (Å²) in [5.41, 5.74) is 0. The summed E-state index contributed by atoms with van der Waals surface area (Å²) >= 11 is 0. The van der Waals surface area contributed by atoms with Gasteiger partial charge in [-0.2, -0.15) is 17.0 Å². The van der Waals surface area contributed by atoms with Crippen LogP contribution in [0.4, 0.5) is 0 Å². The summed E-state index contributed by atoms with van der Waals surface area (Å²) in [4.78, 5) is 22.5. The fourth-order valence-corrected chi connectivity index (χ4v) is 4.02. The van der Waals surface area contributed by atoms with E-state index in [0.717, 1.165) is 4.31 Å². The Morgan fingerprint density at radius 3 is 2.29 bits per heavy atom. The minimum absolute atomic E-state index is 0.183. The van der Waals surface area contributed by atoms with E-state index in [1.165, 1.54) is 18.5 Å². The molecule has 122 valence electrons. The fourth-order valence-electron chi connectivity index (χ4n) is 2.42. The van der Waals surface area contributed by atoms with Crippen LogP contribution in [0.3, 0.4) is 0 Å². The van der Waals surface area contributed by atoms with Crippen LogP contribution in [0, 0.1) is 5.92 Å². The summed E-state index contributed by atoms with van der Waals surface area (Å²) in [6, 6.07) is -1.09. The van der Waals surface area contributed by atoms with E-state index in [1.807, 2.05) is 0 Å². The molecule has 0 aromatic carbocycles. The number of carbonyl (C=O) groups excluding carboxylic acids is 1. The molecule has 0 aromatic rings. The molecule has 1 heterocycles. The Kier molecular flexibility index (Phi) is 6.11. The normalized spacial score (nSPS) is 19.4. The van der Waals surface area contributed by atoms with Crippen LogP contribution in [0.1, 0.15) is 26.2 Å². The lowest BCUT2D eigenvalue weighted by atomic mass is 9.99. The molecule has 1 atom stereocenters. The molecule has 1 unspecified atom stereocenters. The van der Waals surface area contributed by atoms with Gasteiger partial charge < -0.3 is 9.84 Å². The lowest BCUT2D eigenvalue weighted by Crippen LogP contribution is -2.51. The van der Waals surface area contributed by atoms with Crippen LogP contribution >= 0.6 is 0 Å². The zero-order valence-corrected chi connectivity index (χ0v) is 13.3. The molecule has 8 nitrogen and oxygen atoms in total. The lowest BCUT2D eigenvalue weighted by molar-refractivity contribution is -0.146. The first kappa shape index (κ1) is 17.9. The summed E-state index contributed by atoms with van der Waals surface area (Å²) in [6.45, 7) is 1.99. The number of nitrogens with zero attached hydrogens (tertiary/aromatic N) is 2. The third kappa shape index (κ3) is 3.92. The first-order chi connectivity index (χ1) is 9.75. The van der Waals surface area contributed by atoms with Crippen LogP contribution in [0.5, 0.6) is 0 Å². The van der Waals surface area contributed by atoms with Crippen LogP contribution in [-0.2, 0) is 24.5 Å². The van der Waals surface area contributed by atoms with E-state index < -0.39 is 22.2 Å². The van der Waals surface area contributed by atoms with E-state index in [1.54, 1.807) is 6.92 Å². The SMILES string of the molecule is CCC(C(=O)O)N(C)S(=O)(=O)N1CCC(C(=O)OC)CC1. The number of hydrogen-bond donors (Lipinski definition) is 1. The van der Waals surface area contributed by atoms with Gasteiger partial charge in [0.25, 0.3) is 10.2 Å². The second-order valence-electron chi connectivity index (χ2n) is 4.98. The largest absolute Gasteiger partial charge is 0.480 e. The summed E-state index contributed by atoms with van der Waals surface area (Å²) in [6.07, 6.45) is 0.941. The molecule has 0 aromatic heterocycles. The highest BCUT2D eigenvalue weighted by atomic mass is 32.2. The summed E-state index contributed by atoms with van der Waals surface area (Å²) in [7, 11) is -1.27. The first-order valence-electron chi connectivity index (χ1n) is 6.79. The van der Waals surface area contributed by atoms with Gasteiger partial charge in [0.2, 0.25) is 0 Å². The van der Waals surface area contributed by atoms with Crippen molar-refractivity contribution in [3.63, 3.8) is 0 Å². The Morgan fingerprint density at radius 1 is 1.38 bits per heavy atom. The Morgan fingerprint density at radius 2 is 1.90 bits per heavy atom. The van der Waals surface area contributed by atoms with Gasteiger partial charge in [-0.05, 0) is 19.3 Å². The van der Waals surface area contributed by atoms with Crippen molar-refractivity contribution in [2.75, 3.05) is 27.2 Å². The van der Waals surface area contributed by atoms with Gasteiger partial charge in [-0.15, -0.1) is 0 Å². The Labute approximate surface area is 124 Å². The third-order valence-electron chi connectivity index (χ3n) is 3.79. The second kappa shape index (κ2) is 7.19. The Hall–Kier alpha value is -1.19. The number of aliphatic carboxylic acids is 1. The molecule has 0 aliphatic carbocycles. The van der Waals surface area contributed by atoms with Crippen LogP contribution in [0.25, 0.3) is 0 Å². The minimum atomic E-state index is -3.84. The third-order valence-corrected chi connectivity index (χ3v) is 5.79. The Bertz CT molecular complexity index is 484. The maximum absolute atomic E-state index is 12.4. The van der Waals surface area contributed by atoms with E-state index in [4.69, 9.17) is 5.11 Å². The van der Waals surface area contributed by atoms with Crippen molar-refractivity contribution in [3.05, 3.63) is 0 Å². The molecule has 1 fully saturated rings. The van der Waals surface area contributed by atoms with Gasteiger partial charge in [0, 0.05) is 20.1 Å². The maximum atomic E-state index is 12.4. The number of piperidine rings is 1. The molecule has 0 radical (unpaired) electrons. The zero-order chi connectivity index (χ0) is 16.2. The van der Waals surface area contributed by atoms with Crippen molar-refractivity contribution in [2.45, 2.75) is 32.2 Å². The number of carbonyl (C=O) groups is 2. The molecule has 1 rings (SSSR count). The number of methoxy groups -OCH3 is 1. The highest BCUT2D eigenvalue weighted by Crippen LogP contribution is 2.23. The number of esters is 1. The number of ether oxygens (including phenoxy) is 1. The fraction of sp³-hybridized carbons (Fsp3) is 0.833. The van der Waals surface area contributed by atoms with E-state index in [2.05, 4.69) is 4.74 Å². The van der Waals surface area contributed by atoms with Crippen molar-refractivity contribution >= 4 is 22.1 Å². The zero-order valence-electron chi connectivity index (χ0n) is 12.5. The monoisotopic (exact) mass is 322 g/mol. The lowest BCUT2D eigenvalue weighted by Gasteiger charge is -2.34. The molecular weight excluding hydrogens is 300 g/mol. The standard InChI is InChI=1S/C12H22N2O6S/c1-4-10(11(15)16)13(2)21(18,19)14-7-5-9(6-8-14)12(17)20-3/h9-10H,4-8H2,1-3H3,(H,15,16). The molecule has 0 amide bonds. The van der Waals surface area contributed by atoms with Crippen LogP contribution in [0.15, 0.2) is 0 Å². The molecule has 1 N–H and O–H groups in total. The van der Waals surface area contributed by atoms with Crippen molar-refractivity contribution in [1.82, 2.24) is 8.61 Å². The van der Waals surface area contributed by atoms with Crippen molar-refractivity contribution in [1.29, 1.82) is 0 Å². The number of likely N-dealkylation sites (N-methyl/N-ethyl adjacent to an activating group) is 1. The molecule has 0 spiro atoms. The average Bonchev–Trinajstić information content (AvgIpc) is 2.46. The molecule has 0 saturated carbocycles. The number of hydrogen-bond acceptors (Lipinski definition) is 5. The van der Waals surface area contributed by atoms with Crippen molar-refractivity contribution in [2.24, 2.45) is 5.92 Å². The molecule has 0 bridgehead atoms. The van der Waals surface area contributed by atoms with Gasteiger partial charge >= 0.3 is 11.9 Å². The molecule has 1 aliphatic heterocycles. The highest BCUT2D eigenvalue weighted by Gasteiger charge is 2.37. The van der Waals surface area contributed by atoms with Crippen LogP contribution in [-0.4, -0.2) is 67.4 Å². The topological polar surface area (TPSA) is 104 Å². The summed E-state index contributed by atoms with van der Waals surface area (Å²) in [5, 5.41) is 9.07. The minimum Gasteiger partial charge on any atom is -0.480 e. The van der Waals surface area contributed by atoms with E-state index in [-0.39, 0.29) is 31.4 Å². The molecule has 21 heavy (non-hydrogen) atoms. The quantitative estimate of drug-likeness (QED) is 0.685. The number of carboxylic acid groups (broad SMARTS) is 1. The van der Waals surface area contributed by atoms with Crippen molar-refractivity contribution in [3.8, 4) is 0 Å². The van der Waals surface area contributed by atoms with E-state index in [9.17, 15) is 18.0 Å².